The quantitative estimate of drug-likeness (QED) is 0.862. The van der Waals surface area contributed by atoms with Gasteiger partial charge in [0.15, 0.2) is 0 Å². The molecule has 2 amide bonds. The summed E-state index contributed by atoms with van der Waals surface area (Å²) in [5.41, 5.74) is 2.85. The molecule has 0 radical (unpaired) electrons. The Labute approximate surface area is 136 Å². The zero-order chi connectivity index (χ0) is 16.7. The Morgan fingerprint density at radius 1 is 1.00 bits per heavy atom. The Morgan fingerprint density at radius 2 is 1.65 bits per heavy atom. The van der Waals surface area contributed by atoms with Crippen molar-refractivity contribution in [1.29, 1.82) is 0 Å². The summed E-state index contributed by atoms with van der Waals surface area (Å²) in [6.07, 6.45) is 0.254. The molecule has 2 aromatic carbocycles. The van der Waals surface area contributed by atoms with E-state index in [9.17, 15) is 9.59 Å². The minimum absolute atomic E-state index is 0.0774. The second-order valence-electron chi connectivity index (χ2n) is 5.71. The summed E-state index contributed by atoms with van der Waals surface area (Å²) in [4.78, 5) is 24.0. The molecule has 0 spiro atoms. The number of hydrogen-bond acceptors (Lipinski definition) is 2. The van der Waals surface area contributed by atoms with Gasteiger partial charge in [-0.3, -0.25) is 9.59 Å². The molecule has 0 bridgehead atoms. The summed E-state index contributed by atoms with van der Waals surface area (Å²) < 4.78 is 0. The molecule has 1 atom stereocenters. The first-order chi connectivity index (χ1) is 11.0. The van der Waals surface area contributed by atoms with Crippen LogP contribution in [-0.2, 0) is 11.3 Å². The van der Waals surface area contributed by atoms with E-state index in [-0.39, 0.29) is 24.3 Å². The van der Waals surface area contributed by atoms with Gasteiger partial charge in [0.1, 0.15) is 0 Å². The van der Waals surface area contributed by atoms with Crippen LogP contribution in [0.4, 0.5) is 0 Å². The lowest BCUT2D eigenvalue weighted by atomic mass is 10.1. The number of rotatable bonds is 6. The predicted molar refractivity (Wildman–Crippen MR) is 91.0 cm³/mol. The van der Waals surface area contributed by atoms with E-state index in [0.29, 0.717) is 12.1 Å². The highest BCUT2D eigenvalue weighted by atomic mass is 16.2. The molecule has 0 saturated carbocycles. The third-order valence-corrected chi connectivity index (χ3v) is 3.52. The summed E-state index contributed by atoms with van der Waals surface area (Å²) in [6, 6.07) is 16.8. The van der Waals surface area contributed by atoms with Crippen LogP contribution in [0.2, 0.25) is 0 Å². The molecule has 0 fully saturated rings. The van der Waals surface area contributed by atoms with Crippen molar-refractivity contribution in [2.45, 2.75) is 32.9 Å². The molecule has 2 aromatic rings. The first kappa shape index (κ1) is 16.7. The molecule has 0 aromatic heterocycles. The van der Waals surface area contributed by atoms with Gasteiger partial charge in [0.2, 0.25) is 5.91 Å². The standard InChI is InChI=1S/C19H22N2O2/c1-14-8-10-16(11-9-14)13-20-18(22)12-15(2)21-19(23)17-6-4-3-5-7-17/h3-11,15H,12-13H2,1-2H3,(H,20,22)(H,21,23). The zero-order valence-corrected chi connectivity index (χ0v) is 13.5. The minimum Gasteiger partial charge on any atom is -0.352 e. The molecule has 0 aliphatic rings. The van der Waals surface area contributed by atoms with Crippen LogP contribution >= 0.6 is 0 Å². The zero-order valence-electron chi connectivity index (χ0n) is 13.5. The number of nitrogens with one attached hydrogen (secondary N) is 2. The monoisotopic (exact) mass is 310 g/mol. The van der Waals surface area contributed by atoms with Gasteiger partial charge in [-0.2, -0.15) is 0 Å². The van der Waals surface area contributed by atoms with E-state index in [1.807, 2.05) is 56.3 Å². The van der Waals surface area contributed by atoms with E-state index >= 15 is 0 Å². The van der Waals surface area contributed by atoms with Crippen LogP contribution in [-0.4, -0.2) is 17.9 Å². The fraction of sp³-hybridized carbons (Fsp3) is 0.263. The largest absolute Gasteiger partial charge is 0.352 e. The third-order valence-electron chi connectivity index (χ3n) is 3.52. The summed E-state index contributed by atoms with van der Waals surface area (Å²) in [6.45, 7) is 4.35. The van der Waals surface area contributed by atoms with E-state index in [1.165, 1.54) is 5.56 Å². The molecule has 0 aliphatic heterocycles. The van der Waals surface area contributed by atoms with Gasteiger partial charge < -0.3 is 10.6 Å². The van der Waals surface area contributed by atoms with Gasteiger partial charge in [-0.25, -0.2) is 0 Å². The van der Waals surface area contributed by atoms with E-state index < -0.39 is 0 Å². The number of benzene rings is 2. The highest BCUT2D eigenvalue weighted by Crippen LogP contribution is 2.03. The second kappa shape index (κ2) is 8.13. The highest BCUT2D eigenvalue weighted by Gasteiger charge is 2.12. The molecule has 2 N–H and O–H groups in total. The maximum atomic E-state index is 12.0. The number of carbonyl (C=O) groups excluding carboxylic acids is 2. The fourth-order valence-electron chi connectivity index (χ4n) is 2.20. The lowest BCUT2D eigenvalue weighted by Crippen LogP contribution is -2.37. The van der Waals surface area contributed by atoms with Gasteiger partial charge in [0, 0.05) is 24.6 Å². The molecule has 1 unspecified atom stereocenters. The molecule has 0 heterocycles. The van der Waals surface area contributed by atoms with Crippen molar-refractivity contribution in [3.63, 3.8) is 0 Å². The maximum Gasteiger partial charge on any atom is 0.251 e. The SMILES string of the molecule is Cc1ccc(CNC(=O)CC(C)NC(=O)c2ccccc2)cc1. The second-order valence-corrected chi connectivity index (χ2v) is 5.71. The van der Waals surface area contributed by atoms with Crippen molar-refractivity contribution in [2.75, 3.05) is 0 Å². The molecule has 4 nitrogen and oxygen atoms in total. The Hall–Kier alpha value is -2.62. The van der Waals surface area contributed by atoms with Gasteiger partial charge in [-0.1, -0.05) is 48.0 Å². The lowest BCUT2D eigenvalue weighted by Gasteiger charge is -2.14. The van der Waals surface area contributed by atoms with Crippen LogP contribution in [0.25, 0.3) is 0 Å². The first-order valence-corrected chi connectivity index (χ1v) is 7.73. The lowest BCUT2D eigenvalue weighted by molar-refractivity contribution is -0.121. The molecular formula is C19H22N2O2. The van der Waals surface area contributed by atoms with E-state index in [0.717, 1.165) is 5.56 Å². The highest BCUT2D eigenvalue weighted by molar-refractivity contribution is 5.94. The fourth-order valence-corrected chi connectivity index (χ4v) is 2.20. The van der Waals surface area contributed by atoms with Crippen LogP contribution in [0.5, 0.6) is 0 Å². The van der Waals surface area contributed by atoms with Crippen molar-refractivity contribution in [2.24, 2.45) is 0 Å². The van der Waals surface area contributed by atoms with Crippen molar-refractivity contribution in [3.8, 4) is 0 Å². The van der Waals surface area contributed by atoms with E-state index in [1.54, 1.807) is 12.1 Å². The van der Waals surface area contributed by atoms with Gasteiger partial charge in [0.05, 0.1) is 0 Å². The summed E-state index contributed by atoms with van der Waals surface area (Å²) in [5, 5.41) is 5.71. The molecule has 120 valence electrons. The summed E-state index contributed by atoms with van der Waals surface area (Å²) in [5.74, 6) is -0.240. The predicted octanol–water partition coefficient (Wildman–Crippen LogP) is 2.82. The molecule has 0 saturated heterocycles. The van der Waals surface area contributed by atoms with Crippen LogP contribution in [0.3, 0.4) is 0 Å². The van der Waals surface area contributed by atoms with Crippen LogP contribution in [0.1, 0.15) is 34.8 Å². The third kappa shape index (κ3) is 5.58. The average molecular weight is 310 g/mol. The Bertz CT molecular complexity index is 651. The molecule has 23 heavy (non-hydrogen) atoms. The van der Waals surface area contributed by atoms with Gasteiger partial charge in [0.25, 0.3) is 5.91 Å². The molecule has 2 rings (SSSR count). The molecular weight excluding hydrogens is 288 g/mol. The van der Waals surface area contributed by atoms with Gasteiger partial charge in [-0.15, -0.1) is 0 Å². The van der Waals surface area contributed by atoms with Crippen LogP contribution in [0, 0.1) is 6.92 Å². The number of aryl methyl sites for hydroxylation is 1. The smallest absolute Gasteiger partial charge is 0.251 e. The number of hydrogen-bond donors (Lipinski definition) is 2. The normalized spacial score (nSPS) is 11.6. The van der Waals surface area contributed by atoms with Crippen LogP contribution in [0.15, 0.2) is 54.6 Å². The first-order valence-electron chi connectivity index (χ1n) is 7.73. The van der Waals surface area contributed by atoms with E-state index in [4.69, 9.17) is 0 Å². The molecule has 4 heteroatoms. The topological polar surface area (TPSA) is 58.2 Å². The van der Waals surface area contributed by atoms with Crippen molar-refractivity contribution in [1.82, 2.24) is 10.6 Å². The number of amides is 2. The van der Waals surface area contributed by atoms with Crippen molar-refractivity contribution < 1.29 is 9.59 Å². The van der Waals surface area contributed by atoms with Crippen molar-refractivity contribution >= 4 is 11.8 Å². The maximum absolute atomic E-state index is 12.0. The summed E-state index contributed by atoms with van der Waals surface area (Å²) >= 11 is 0. The van der Waals surface area contributed by atoms with E-state index in [2.05, 4.69) is 10.6 Å². The number of carbonyl (C=O) groups is 2. The summed E-state index contributed by atoms with van der Waals surface area (Å²) in [7, 11) is 0. The van der Waals surface area contributed by atoms with Gasteiger partial charge in [-0.05, 0) is 31.5 Å². The average Bonchev–Trinajstić information content (AvgIpc) is 2.55. The minimum atomic E-state index is -0.222. The molecule has 0 aliphatic carbocycles. The Morgan fingerprint density at radius 3 is 2.30 bits per heavy atom. The van der Waals surface area contributed by atoms with Crippen molar-refractivity contribution in [3.05, 3.63) is 71.3 Å². The Kier molecular flexibility index (Phi) is 5.92. The Balaban J connectivity index is 1.76. The van der Waals surface area contributed by atoms with Gasteiger partial charge >= 0.3 is 0 Å². The van der Waals surface area contributed by atoms with Crippen LogP contribution < -0.4 is 10.6 Å².